The number of methoxy groups -OCH3 is 2. The molecule has 0 spiro atoms. The van der Waals surface area contributed by atoms with Crippen LogP contribution in [0.15, 0.2) is 59.8 Å². The average Bonchev–Trinajstić information content (AvgIpc) is 1.37. The van der Waals surface area contributed by atoms with Gasteiger partial charge in [0.2, 0.25) is 0 Å². The zero-order valence-electron chi connectivity index (χ0n) is 53.9. The molecule has 22 heteroatoms. The number of carbonyl (C=O) groups excluding carboxylic acids is 5. The Labute approximate surface area is 514 Å². The zero-order valence-corrected chi connectivity index (χ0v) is 53.9. The van der Waals surface area contributed by atoms with E-state index in [1.165, 1.54) is 28.3 Å². The molecule has 22 atom stereocenters. The van der Waals surface area contributed by atoms with E-state index < -0.39 is 151 Å². The SMILES string of the molecule is CON=C1C[C@@H](C)O[C@@H](O[C@@H]2[C@@H](C)[C@H](O[C@H]3CC(C)N(Cc4cccc(C=O)c4)C[C@H](C)O3)[C@@H](C)C(=O)O[C@H]([C@@H](C)CO[C@@H]3O[C@H](C)[C@@H](O)[C@@H](OC)[C@H]3OC)[C@H](C)[C@@H](OC(=O)CC(C)C)[C@@H](C)C(=O)[C@@](C)(OC(=O)NCc3ccccc3)C[C@@H]2C)[C@@H]1O. The lowest BCUT2D eigenvalue weighted by atomic mass is 9.74. The lowest BCUT2D eigenvalue weighted by molar-refractivity contribution is -0.305. The Kier molecular flexibility index (Phi) is 26.7. The molecule has 2 aromatic rings. The summed E-state index contributed by atoms with van der Waals surface area (Å²) in [6.07, 6.45) is -13.5. The van der Waals surface area contributed by atoms with Crippen LogP contribution in [-0.4, -0.2) is 183 Å². The summed E-state index contributed by atoms with van der Waals surface area (Å²) in [6.45, 7) is 24.2. The maximum absolute atomic E-state index is 16.0. The van der Waals surface area contributed by atoms with Crippen LogP contribution in [0.5, 0.6) is 0 Å². The molecule has 0 aliphatic carbocycles. The smallest absolute Gasteiger partial charge is 0.408 e. The molecule has 1 unspecified atom stereocenters. The van der Waals surface area contributed by atoms with Crippen LogP contribution in [0.4, 0.5) is 4.79 Å². The number of nitrogens with zero attached hydrogens (tertiary/aromatic N) is 2. The van der Waals surface area contributed by atoms with Crippen molar-refractivity contribution in [2.75, 3.05) is 34.5 Å². The van der Waals surface area contributed by atoms with Crippen LogP contribution in [0.2, 0.25) is 0 Å². The van der Waals surface area contributed by atoms with E-state index in [-0.39, 0.29) is 50.1 Å². The second-order valence-electron chi connectivity index (χ2n) is 25.4. The van der Waals surface area contributed by atoms with E-state index in [1.807, 2.05) is 83.1 Å². The summed E-state index contributed by atoms with van der Waals surface area (Å²) < 4.78 is 71.1. The van der Waals surface area contributed by atoms with Gasteiger partial charge in [-0.3, -0.25) is 24.1 Å². The van der Waals surface area contributed by atoms with Crippen molar-refractivity contribution < 1.29 is 91.1 Å². The number of ketones is 1. The van der Waals surface area contributed by atoms with Gasteiger partial charge < -0.3 is 72.5 Å². The first-order chi connectivity index (χ1) is 41.2. The van der Waals surface area contributed by atoms with E-state index in [4.69, 9.17) is 56.9 Å². The predicted octanol–water partition coefficient (Wildman–Crippen LogP) is 7.59. The van der Waals surface area contributed by atoms with Gasteiger partial charge in [0, 0.05) is 82.5 Å². The fraction of sp³-hybridized carbons (Fsp3) is 0.723. The first-order valence-electron chi connectivity index (χ1n) is 30.9. The number of carbonyl (C=O) groups is 5. The van der Waals surface area contributed by atoms with Gasteiger partial charge in [0.1, 0.15) is 50.0 Å². The molecule has 22 nitrogen and oxygen atoms in total. The van der Waals surface area contributed by atoms with Crippen molar-refractivity contribution in [3.63, 3.8) is 0 Å². The van der Waals surface area contributed by atoms with E-state index in [0.29, 0.717) is 25.1 Å². The highest BCUT2D eigenvalue weighted by atomic mass is 16.7. The summed E-state index contributed by atoms with van der Waals surface area (Å²) >= 11 is 0. The summed E-state index contributed by atoms with van der Waals surface area (Å²) in [5.41, 5.74) is 0.559. The highest BCUT2D eigenvalue weighted by molar-refractivity contribution is 5.92. The minimum absolute atomic E-state index is 0.00880. The van der Waals surface area contributed by atoms with Gasteiger partial charge >= 0.3 is 18.0 Å². The second kappa shape index (κ2) is 32.7. The van der Waals surface area contributed by atoms with Crippen molar-refractivity contribution >= 4 is 35.8 Å². The zero-order chi connectivity index (χ0) is 64.0. The van der Waals surface area contributed by atoms with E-state index in [2.05, 4.69) is 22.3 Å². The largest absolute Gasteiger partial charge is 0.461 e. The number of cyclic esters (lactones) is 1. The highest BCUT2D eigenvalue weighted by Gasteiger charge is 2.53. The summed E-state index contributed by atoms with van der Waals surface area (Å²) in [5, 5.41) is 29.9. The van der Waals surface area contributed by atoms with Crippen molar-refractivity contribution in [1.82, 2.24) is 10.2 Å². The lowest BCUT2D eigenvalue weighted by Gasteiger charge is -2.45. The minimum Gasteiger partial charge on any atom is -0.461 e. The number of hydrogen-bond donors (Lipinski definition) is 3. The number of amides is 1. The van der Waals surface area contributed by atoms with Gasteiger partial charge in [-0.15, -0.1) is 0 Å². The molecule has 1 amide bonds. The molecular weight excluding hydrogens is 1130 g/mol. The van der Waals surface area contributed by atoms with Crippen molar-refractivity contribution in [2.24, 2.45) is 46.6 Å². The Morgan fingerprint density at radius 1 is 0.805 bits per heavy atom. The Morgan fingerprint density at radius 2 is 1.49 bits per heavy atom. The molecule has 4 heterocycles. The topological polar surface area (TPSA) is 264 Å². The van der Waals surface area contributed by atoms with Gasteiger partial charge in [0.15, 0.2) is 30.3 Å². The van der Waals surface area contributed by atoms with Crippen molar-refractivity contribution in [2.45, 2.75) is 226 Å². The fourth-order valence-corrected chi connectivity index (χ4v) is 12.9. The van der Waals surface area contributed by atoms with E-state index >= 15 is 9.59 Å². The van der Waals surface area contributed by atoms with Gasteiger partial charge in [-0.1, -0.05) is 102 Å². The van der Waals surface area contributed by atoms with Gasteiger partial charge in [0.05, 0.1) is 54.7 Å². The molecule has 488 valence electrons. The average molecular weight is 1230 g/mol. The number of aliphatic hydroxyl groups excluding tert-OH is 2. The number of benzene rings is 2. The summed E-state index contributed by atoms with van der Waals surface area (Å²) in [6, 6.07) is 16.5. The van der Waals surface area contributed by atoms with Crippen LogP contribution < -0.4 is 5.32 Å². The number of oxime groups is 1. The Bertz CT molecular complexity index is 2560. The number of alkyl carbamates (subject to hydrolysis) is 1. The van der Waals surface area contributed by atoms with Crippen molar-refractivity contribution in [1.29, 1.82) is 0 Å². The number of aldehydes is 1. The normalized spacial score (nSPS) is 36.8. The third-order valence-electron chi connectivity index (χ3n) is 17.5. The lowest BCUT2D eigenvalue weighted by Crippen LogP contribution is -2.59. The van der Waals surface area contributed by atoms with Crippen LogP contribution in [-0.2, 0) is 84.4 Å². The summed E-state index contributed by atoms with van der Waals surface area (Å²) in [5.74, 6) is -7.72. The third kappa shape index (κ3) is 18.8. The second-order valence-corrected chi connectivity index (χ2v) is 25.4. The van der Waals surface area contributed by atoms with Crippen LogP contribution in [0, 0.1) is 41.4 Å². The van der Waals surface area contributed by atoms with Crippen molar-refractivity contribution in [3.8, 4) is 0 Å². The molecule has 0 aromatic heterocycles. The Balaban J connectivity index is 1.50. The van der Waals surface area contributed by atoms with Gasteiger partial charge in [-0.05, 0) is 77.0 Å². The number of ether oxygens (including phenoxy) is 11. The molecule has 2 aromatic carbocycles. The molecule has 6 rings (SSSR count). The Morgan fingerprint density at radius 3 is 2.15 bits per heavy atom. The molecule has 4 aliphatic heterocycles. The number of nitrogens with one attached hydrogen (secondary N) is 1. The van der Waals surface area contributed by atoms with Crippen LogP contribution in [0.1, 0.15) is 137 Å². The number of hydrogen-bond acceptors (Lipinski definition) is 21. The third-order valence-corrected chi connectivity index (χ3v) is 17.5. The molecule has 4 aliphatic rings. The quantitative estimate of drug-likeness (QED) is 0.0499. The van der Waals surface area contributed by atoms with Crippen LogP contribution >= 0.6 is 0 Å². The minimum atomic E-state index is -1.99. The maximum Gasteiger partial charge on any atom is 0.408 e. The molecular formula is C65H99N3O19. The maximum atomic E-state index is 16.0. The number of rotatable bonds is 20. The number of esters is 2. The van der Waals surface area contributed by atoms with E-state index in [0.717, 1.165) is 17.4 Å². The summed E-state index contributed by atoms with van der Waals surface area (Å²) in [7, 11) is 4.27. The molecule has 4 fully saturated rings. The van der Waals surface area contributed by atoms with E-state index in [1.54, 1.807) is 47.6 Å². The first kappa shape index (κ1) is 71.1. The van der Waals surface area contributed by atoms with Gasteiger partial charge in [-0.25, -0.2) is 4.79 Å². The number of Topliss-reactive ketones (excluding diaryl/α,β-unsaturated/α-hetero) is 1. The van der Waals surface area contributed by atoms with Crippen LogP contribution in [0.3, 0.4) is 0 Å². The standard InChI is InChI=1S/C65H99N3O19/c1-35(2)25-50(70)83-56-42(9)55(37(4)34-79-63-59(77-15)58(76-14)52(71)45(12)82-63)85-61(74)44(11)57(84-51-26-38(5)68(31-40(7)80-51)32-47-23-20-24-48(28-47)33-69)41(8)54(86-62-53(72)49(67-78-16)27-39(6)81-62)36(3)29-65(13,60(73)43(56)10)87-64(75)66-30-46-21-18-17-19-22-46/h17-24,28,33,35-45,51-59,62-63,71-72H,25-27,29-32,34H2,1-16H3,(H,66,75)/t36-,37-,38?,39+,40-,41+,42-,43+,44+,45+,51-,52+,53+,54-,55+,56+,57-,58+,59+,62-,63+,65-/m0/s1. The highest BCUT2D eigenvalue weighted by Crippen LogP contribution is 2.41. The molecule has 4 saturated heterocycles. The number of aliphatic hydroxyl groups is 2. The molecule has 0 bridgehead atoms. The fourth-order valence-electron chi connectivity index (χ4n) is 12.9. The Hall–Kier alpha value is -4.98. The monoisotopic (exact) mass is 1230 g/mol. The molecule has 87 heavy (non-hydrogen) atoms. The van der Waals surface area contributed by atoms with Crippen molar-refractivity contribution in [3.05, 3.63) is 71.3 Å². The van der Waals surface area contributed by atoms with Crippen LogP contribution in [0.25, 0.3) is 0 Å². The predicted molar refractivity (Wildman–Crippen MR) is 320 cm³/mol. The summed E-state index contributed by atoms with van der Waals surface area (Å²) in [4.78, 5) is 79.2. The van der Waals surface area contributed by atoms with E-state index in [9.17, 15) is 24.6 Å². The van der Waals surface area contributed by atoms with Gasteiger partial charge in [0.25, 0.3) is 0 Å². The molecule has 0 saturated carbocycles. The molecule has 0 radical (unpaired) electrons. The first-order valence-corrected chi connectivity index (χ1v) is 30.9. The van der Waals surface area contributed by atoms with Gasteiger partial charge in [-0.2, -0.15) is 0 Å². The molecule has 3 N–H and O–H groups in total.